The minimum Gasteiger partial charge on any atom is -0.416 e. The van der Waals surface area contributed by atoms with Gasteiger partial charge in [-0.1, -0.05) is 59.1 Å². The van der Waals surface area contributed by atoms with Gasteiger partial charge in [0.05, 0.1) is 5.25 Å². The fraction of sp³-hybridized carbons (Fsp3) is 0.471. The summed E-state index contributed by atoms with van der Waals surface area (Å²) in [4.78, 5) is 12.4. The van der Waals surface area contributed by atoms with Gasteiger partial charge in [-0.15, -0.1) is 10.2 Å². The van der Waals surface area contributed by atoms with E-state index < -0.39 is 0 Å². The molecule has 0 radical (unpaired) electrons. The average Bonchev–Trinajstić information content (AvgIpc) is 3.04. The summed E-state index contributed by atoms with van der Waals surface area (Å²) in [6.07, 6.45) is 6.01. The van der Waals surface area contributed by atoms with Crippen molar-refractivity contribution in [2.75, 3.05) is 0 Å². The normalized spacial score (nSPS) is 17.1. The highest BCUT2D eigenvalue weighted by Gasteiger charge is 2.24. The highest BCUT2D eigenvalue weighted by molar-refractivity contribution is 9.10. The number of Topliss-reactive ketones (excluding diaryl/α,β-unsaturated/α-hetero) is 1. The third-order valence-corrected chi connectivity index (χ3v) is 5.61. The molecule has 23 heavy (non-hydrogen) atoms. The zero-order valence-corrected chi connectivity index (χ0v) is 15.4. The summed E-state index contributed by atoms with van der Waals surface area (Å²) in [6, 6.07) is 7.40. The van der Waals surface area contributed by atoms with E-state index in [2.05, 4.69) is 26.1 Å². The summed E-state index contributed by atoms with van der Waals surface area (Å²) in [6.45, 7) is 1.87. The highest BCUT2D eigenvalue weighted by Crippen LogP contribution is 2.34. The monoisotopic (exact) mass is 394 g/mol. The summed E-state index contributed by atoms with van der Waals surface area (Å²) < 4.78 is 6.74. The van der Waals surface area contributed by atoms with Crippen LogP contribution in [0.2, 0.25) is 0 Å². The van der Waals surface area contributed by atoms with Crippen molar-refractivity contribution < 1.29 is 9.21 Å². The molecule has 0 N–H and O–H groups in total. The lowest BCUT2D eigenvalue weighted by Crippen LogP contribution is -2.13. The van der Waals surface area contributed by atoms with Gasteiger partial charge in [0.1, 0.15) is 0 Å². The Hall–Kier alpha value is -1.14. The van der Waals surface area contributed by atoms with E-state index in [0.29, 0.717) is 16.7 Å². The second-order valence-electron chi connectivity index (χ2n) is 5.87. The molecule has 0 amide bonds. The van der Waals surface area contributed by atoms with Crippen molar-refractivity contribution in [3.05, 3.63) is 40.2 Å². The van der Waals surface area contributed by atoms with Crippen LogP contribution in [0.15, 0.2) is 38.4 Å². The van der Waals surface area contributed by atoms with Crippen LogP contribution in [0.4, 0.5) is 0 Å². The highest BCUT2D eigenvalue weighted by atomic mass is 79.9. The van der Waals surface area contributed by atoms with Gasteiger partial charge in [-0.05, 0) is 31.9 Å². The van der Waals surface area contributed by atoms with Crippen LogP contribution in [0.1, 0.15) is 61.2 Å². The largest absolute Gasteiger partial charge is 0.416 e. The van der Waals surface area contributed by atoms with Crippen LogP contribution in [0.25, 0.3) is 0 Å². The van der Waals surface area contributed by atoms with Crippen LogP contribution in [-0.2, 0) is 0 Å². The van der Waals surface area contributed by atoms with Gasteiger partial charge in [0.15, 0.2) is 5.78 Å². The number of thioether (sulfide) groups is 1. The fourth-order valence-electron chi connectivity index (χ4n) is 2.84. The third-order valence-electron chi connectivity index (χ3n) is 4.15. The quantitative estimate of drug-likeness (QED) is 0.512. The van der Waals surface area contributed by atoms with E-state index in [-0.39, 0.29) is 11.0 Å². The molecule has 1 fully saturated rings. The molecule has 1 aliphatic rings. The van der Waals surface area contributed by atoms with Gasteiger partial charge in [-0.2, -0.15) is 0 Å². The summed E-state index contributed by atoms with van der Waals surface area (Å²) in [7, 11) is 0. The smallest absolute Gasteiger partial charge is 0.277 e. The number of hydrogen-bond acceptors (Lipinski definition) is 5. The second kappa shape index (κ2) is 7.62. The molecule has 0 bridgehead atoms. The molecule has 2 aromatic rings. The number of ketones is 1. The number of carbonyl (C=O) groups is 1. The maximum Gasteiger partial charge on any atom is 0.277 e. The average molecular weight is 395 g/mol. The van der Waals surface area contributed by atoms with E-state index in [1.54, 1.807) is 0 Å². The van der Waals surface area contributed by atoms with E-state index in [1.165, 1.54) is 31.0 Å². The predicted molar refractivity (Wildman–Crippen MR) is 93.9 cm³/mol. The van der Waals surface area contributed by atoms with E-state index in [9.17, 15) is 4.79 Å². The van der Waals surface area contributed by atoms with Crippen LogP contribution in [0.5, 0.6) is 0 Å². The Morgan fingerprint density at radius 3 is 2.61 bits per heavy atom. The molecule has 1 saturated carbocycles. The Morgan fingerprint density at radius 1 is 1.22 bits per heavy atom. The SMILES string of the molecule is CC(Sc1nnc(C2CCCCC2)o1)C(=O)c1ccc(Br)cc1. The number of hydrogen-bond donors (Lipinski definition) is 0. The lowest BCUT2D eigenvalue weighted by molar-refractivity contribution is 0.0993. The first-order valence-electron chi connectivity index (χ1n) is 7.93. The van der Waals surface area contributed by atoms with E-state index in [1.807, 2.05) is 31.2 Å². The molecule has 0 spiro atoms. The molecule has 122 valence electrons. The number of nitrogens with zero attached hydrogens (tertiary/aromatic N) is 2. The van der Waals surface area contributed by atoms with Gasteiger partial charge >= 0.3 is 0 Å². The van der Waals surface area contributed by atoms with Gasteiger partial charge in [0.2, 0.25) is 5.89 Å². The zero-order chi connectivity index (χ0) is 16.2. The first-order chi connectivity index (χ1) is 11.1. The number of benzene rings is 1. The van der Waals surface area contributed by atoms with E-state index in [0.717, 1.165) is 23.2 Å². The van der Waals surface area contributed by atoms with Gasteiger partial charge in [0.25, 0.3) is 5.22 Å². The first-order valence-corrected chi connectivity index (χ1v) is 9.60. The number of carbonyl (C=O) groups excluding carboxylic acids is 1. The summed E-state index contributed by atoms with van der Waals surface area (Å²) >= 11 is 4.71. The van der Waals surface area contributed by atoms with Crippen LogP contribution in [-0.4, -0.2) is 21.2 Å². The van der Waals surface area contributed by atoms with Crippen molar-refractivity contribution in [1.82, 2.24) is 10.2 Å². The summed E-state index contributed by atoms with van der Waals surface area (Å²) in [5, 5.41) is 8.53. The zero-order valence-electron chi connectivity index (χ0n) is 13.0. The van der Waals surface area contributed by atoms with Crippen LogP contribution in [0, 0.1) is 0 Å². The molecular weight excluding hydrogens is 376 g/mol. The van der Waals surface area contributed by atoms with Crippen molar-refractivity contribution in [2.45, 2.75) is 55.4 Å². The molecule has 1 aromatic heterocycles. The fourth-order valence-corrected chi connectivity index (χ4v) is 3.87. The first kappa shape index (κ1) is 16.7. The van der Waals surface area contributed by atoms with Crippen LogP contribution < -0.4 is 0 Å². The van der Waals surface area contributed by atoms with E-state index >= 15 is 0 Å². The summed E-state index contributed by atoms with van der Waals surface area (Å²) in [5.41, 5.74) is 0.695. The second-order valence-corrected chi connectivity index (χ2v) is 8.08. The molecule has 6 heteroatoms. The van der Waals surface area contributed by atoms with Gasteiger partial charge < -0.3 is 4.42 Å². The maximum absolute atomic E-state index is 12.4. The van der Waals surface area contributed by atoms with Gasteiger partial charge in [-0.25, -0.2) is 0 Å². The van der Waals surface area contributed by atoms with Crippen LogP contribution in [0.3, 0.4) is 0 Å². The Kier molecular flexibility index (Phi) is 5.54. The molecule has 1 atom stereocenters. The molecule has 3 rings (SSSR count). The van der Waals surface area contributed by atoms with Crippen molar-refractivity contribution in [2.24, 2.45) is 0 Å². The molecule has 4 nitrogen and oxygen atoms in total. The maximum atomic E-state index is 12.4. The van der Waals surface area contributed by atoms with Gasteiger partial charge in [0, 0.05) is 16.0 Å². The number of halogens is 1. The predicted octanol–water partition coefficient (Wildman–Crippen LogP) is 5.24. The third kappa shape index (κ3) is 4.23. The van der Waals surface area contributed by atoms with Crippen molar-refractivity contribution in [1.29, 1.82) is 0 Å². The minimum atomic E-state index is -0.254. The lowest BCUT2D eigenvalue weighted by Gasteiger charge is -2.17. The Morgan fingerprint density at radius 2 is 1.91 bits per heavy atom. The van der Waals surface area contributed by atoms with Crippen molar-refractivity contribution >= 4 is 33.5 Å². The molecular formula is C17H19BrN2O2S. The molecule has 1 heterocycles. The lowest BCUT2D eigenvalue weighted by atomic mass is 9.89. The molecule has 0 aliphatic heterocycles. The summed E-state index contributed by atoms with van der Waals surface area (Å²) in [5.74, 6) is 1.19. The molecule has 0 saturated heterocycles. The topological polar surface area (TPSA) is 56.0 Å². The number of rotatable bonds is 5. The van der Waals surface area contributed by atoms with Gasteiger partial charge in [-0.3, -0.25) is 4.79 Å². The number of aromatic nitrogens is 2. The Labute approximate surface area is 148 Å². The molecule has 1 unspecified atom stereocenters. The van der Waals surface area contributed by atoms with E-state index in [4.69, 9.17) is 4.42 Å². The standard InChI is InChI=1S/C17H19BrN2O2S/c1-11(15(21)12-7-9-14(18)10-8-12)23-17-20-19-16(22-17)13-5-3-2-4-6-13/h7-11,13H,2-6H2,1H3. The minimum absolute atomic E-state index is 0.0694. The van der Waals surface area contributed by atoms with Crippen LogP contribution >= 0.6 is 27.7 Å². The Balaban J connectivity index is 1.63. The van der Waals surface area contributed by atoms with Crippen molar-refractivity contribution in [3.63, 3.8) is 0 Å². The molecule has 1 aliphatic carbocycles. The van der Waals surface area contributed by atoms with Crippen molar-refractivity contribution in [3.8, 4) is 0 Å². The Bertz CT molecular complexity index is 665. The molecule has 1 aromatic carbocycles.